The standard InChI is InChI=1S/C23H29N5O3/c1-4-6-14-27(3)15-13-21(29)26-22-18(23(30)31-5-2)16-24-28(22)20-12-11-17-9-7-8-10-19(17)25-20/h7-12,16H,4-6,13-15H2,1-3H3,(H,26,29). The molecule has 164 valence electrons. The van der Waals surface area contributed by atoms with Gasteiger partial charge in [-0.2, -0.15) is 9.78 Å². The average Bonchev–Trinajstić information content (AvgIpc) is 3.19. The number of unbranched alkanes of at least 4 members (excludes halogenated alkanes) is 1. The lowest BCUT2D eigenvalue weighted by molar-refractivity contribution is -0.116. The monoisotopic (exact) mass is 423 g/mol. The Balaban J connectivity index is 1.86. The van der Waals surface area contributed by atoms with Gasteiger partial charge in [-0.05, 0) is 45.1 Å². The van der Waals surface area contributed by atoms with Crippen LogP contribution >= 0.6 is 0 Å². The van der Waals surface area contributed by atoms with Crippen molar-refractivity contribution in [3.05, 3.63) is 48.2 Å². The number of ether oxygens (including phenoxy) is 1. The number of para-hydroxylation sites is 1. The second-order valence-corrected chi connectivity index (χ2v) is 7.36. The van der Waals surface area contributed by atoms with Gasteiger partial charge in [0.1, 0.15) is 5.56 Å². The minimum absolute atomic E-state index is 0.198. The van der Waals surface area contributed by atoms with E-state index < -0.39 is 5.97 Å². The highest BCUT2D eigenvalue weighted by Gasteiger charge is 2.22. The summed E-state index contributed by atoms with van der Waals surface area (Å²) in [4.78, 5) is 31.9. The zero-order valence-corrected chi connectivity index (χ0v) is 18.3. The molecule has 1 amide bonds. The molecule has 3 aromatic rings. The summed E-state index contributed by atoms with van der Waals surface area (Å²) in [6.07, 6.45) is 3.90. The number of hydrogen-bond acceptors (Lipinski definition) is 6. The van der Waals surface area contributed by atoms with Crippen LogP contribution < -0.4 is 5.32 Å². The highest BCUT2D eigenvalue weighted by atomic mass is 16.5. The van der Waals surface area contributed by atoms with Gasteiger partial charge < -0.3 is 15.0 Å². The van der Waals surface area contributed by atoms with Gasteiger partial charge in [0, 0.05) is 18.4 Å². The Bertz CT molecular complexity index is 1050. The number of rotatable bonds is 10. The molecule has 0 fully saturated rings. The fraction of sp³-hybridized carbons (Fsp3) is 0.391. The van der Waals surface area contributed by atoms with Crippen LogP contribution in [-0.4, -0.2) is 58.3 Å². The van der Waals surface area contributed by atoms with Crippen LogP contribution in [0.5, 0.6) is 0 Å². The first-order valence-electron chi connectivity index (χ1n) is 10.6. The van der Waals surface area contributed by atoms with Crippen molar-refractivity contribution in [1.82, 2.24) is 19.7 Å². The van der Waals surface area contributed by atoms with Crippen molar-refractivity contribution in [2.24, 2.45) is 0 Å². The van der Waals surface area contributed by atoms with Gasteiger partial charge in [0.2, 0.25) is 5.91 Å². The number of hydrogen-bond donors (Lipinski definition) is 1. The third kappa shape index (κ3) is 5.67. The first-order chi connectivity index (χ1) is 15.0. The van der Waals surface area contributed by atoms with Crippen molar-refractivity contribution in [2.45, 2.75) is 33.1 Å². The Labute approximate surface area is 182 Å². The van der Waals surface area contributed by atoms with E-state index in [1.807, 2.05) is 37.4 Å². The molecule has 0 aliphatic rings. The first-order valence-corrected chi connectivity index (χ1v) is 10.6. The van der Waals surface area contributed by atoms with E-state index in [1.54, 1.807) is 13.0 Å². The van der Waals surface area contributed by atoms with E-state index in [-0.39, 0.29) is 23.9 Å². The van der Waals surface area contributed by atoms with Crippen LogP contribution in [0, 0.1) is 0 Å². The number of amides is 1. The van der Waals surface area contributed by atoms with E-state index in [0.717, 1.165) is 30.3 Å². The molecule has 0 aliphatic carbocycles. The molecule has 0 bridgehead atoms. The second kappa shape index (κ2) is 10.7. The van der Waals surface area contributed by atoms with Crippen molar-refractivity contribution >= 4 is 28.6 Å². The number of esters is 1. The maximum absolute atomic E-state index is 12.7. The van der Waals surface area contributed by atoms with Gasteiger partial charge in [-0.15, -0.1) is 0 Å². The van der Waals surface area contributed by atoms with E-state index in [0.29, 0.717) is 18.8 Å². The molecule has 0 atom stereocenters. The zero-order chi connectivity index (χ0) is 22.2. The molecule has 0 radical (unpaired) electrons. The largest absolute Gasteiger partial charge is 0.462 e. The molecule has 31 heavy (non-hydrogen) atoms. The van der Waals surface area contributed by atoms with Gasteiger partial charge in [0.15, 0.2) is 11.6 Å². The average molecular weight is 424 g/mol. The summed E-state index contributed by atoms with van der Waals surface area (Å²) >= 11 is 0. The predicted molar refractivity (Wildman–Crippen MR) is 120 cm³/mol. The summed E-state index contributed by atoms with van der Waals surface area (Å²) in [5.41, 5.74) is 0.993. The van der Waals surface area contributed by atoms with Crippen molar-refractivity contribution in [2.75, 3.05) is 32.1 Å². The van der Waals surface area contributed by atoms with Crippen LogP contribution in [0.25, 0.3) is 16.7 Å². The molecule has 0 saturated carbocycles. The molecule has 2 heterocycles. The highest BCUT2D eigenvalue weighted by Crippen LogP contribution is 2.22. The number of fused-ring (bicyclic) bond motifs is 1. The fourth-order valence-corrected chi connectivity index (χ4v) is 3.20. The number of nitrogens with one attached hydrogen (secondary N) is 1. The van der Waals surface area contributed by atoms with Crippen molar-refractivity contribution in [3.8, 4) is 5.82 Å². The number of carbonyl (C=O) groups excluding carboxylic acids is 2. The van der Waals surface area contributed by atoms with Gasteiger partial charge >= 0.3 is 5.97 Å². The third-order valence-electron chi connectivity index (χ3n) is 4.94. The minimum atomic E-state index is -0.537. The van der Waals surface area contributed by atoms with E-state index >= 15 is 0 Å². The third-order valence-corrected chi connectivity index (χ3v) is 4.94. The van der Waals surface area contributed by atoms with Crippen LogP contribution in [0.3, 0.4) is 0 Å². The lowest BCUT2D eigenvalue weighted by Gasteiger charge is -2.16. The number of pyridine rings is 1. The van der Waals surface area contributed by atoms with Gasteiger partial charge in [-0.1, -0.05) is 31.5 Å². The van der Waals surface area contributed by atoms with Gasteiger partial charge in [-0.25, -0.2) is 9.78 Å². The van der Waals surface area contributed by atoms with Crippen LogP contribution in [0.15, 0.2) is 42.6 Å². The van der Waals surface area contributed by atoms with Gasteiger partial charge in [-0.3, -0.25) is 4.79 Å². The lowest BCUT2D eigenvalue weighted by Crippen LogP contribution is -2.26. The smallest absolute Gasteiger partial charge is 0.343 e. The molecule has 2 aromatic heterocycles. The second-order valence-electron chi connectivity index (χ2n) is 7.36. The summed E-state index contributed by atoms with van der Waals surface area (Å²) in [6, 6.07) is 11.5. The lowest BCUT2D eigenvalue weighted by atomic mass is 10.2. The zero-order valence-electron chi connectivity index (χ0n) is 18.3. The molecule has 3 rings (SSSR count). The number of benzene rings is 1. The highest BCUT2D eigenvalue weighted by molar-refractivity contribution is 6.00. The normalized spacial score (nSPS) is 11.1. The summed E-state index contributed by atoms with van der Waals surface area (Å²) in [5, 5.41) is 8.15. The number of carbonyl (C=O) groups is 2. The van der Waals surface area contributed by atoms with Gasteiger partial charge in [0.25, 0.3) is 0 Å². The minimum Gasteiger partial charge on any atom is -0.462 e. The topological polar surface area (TPSA) is 89.4 Å². The molecule has 0 aliphatic heterocycles. The number of nitrogens with zero attached hydrogens (tertiary/aromatic N) is 4. The Morgan fingerprint density at radius 2 is 1.94 bits per heavy atom. The molecule has 0 unspecified atom stereocenters. The summed E-state index contributed by atoms with van der Waals surface area (Å²) < 4.78 is 6.61. The van der Waals surface area contributed by atoms with Gasteiger partial charge in [0.05, 0.1) is 18.3 Å². The Kier molecular flexibility index (Phi) is 7.72. The number of anilines is 1. The molecule has 8 nitrogen and oxygen atoms in total. The summed E-state index contributed by atoms with van der Waals surface area (Å²) in [5.74, 6) is 0.0355. The van der Waals surface area contributed by atoms with Crippen LogP contribution in [-0.2, 0) is 9.53 Å². The maximum atomic E-state index is 12.7. The van der Waals surface area contributed by atoms with Crippen LogP contribution in [0.1, 0.15) is 43.5 Å². The van der Waals surface area contributed by atoms with Crippen LogP contribution in [0.2, 0.25) is 0 Å². The molecular formula is C23H29N5O3. The fourth-order valence-electron chi connectivity index (χ4n) is 3.20. The quantitative estimate of drug-likeness (QED) is 0.501. The molecule has 1 N–H and O–H groups in total. The van der Waals surface area contributed by atoms with E-state index in [4.69, 9.17) is 4.74 Å². The molecule has 0 spiro atoms. The van der Waals surface area contributed by atoms with Crippen molar-refractivity contribution in [1.29, 1.82) is 0 Å². The maximum Gasteiger partial charge on any atom is 0.343 e. The molecule has 8 heteroatoms. The van der Waals surface area contributed by atoms with E-state index in [9.17, 15) is 9.59 Å². The van der Waals surface area contributed by atoms with Crippen molar-refractivity contribution < 1.29 is 14.3 Å². The van der Waals surface area contributed by atoms with Crippen LogP contribution in [0.4, 0.5) is 5.82 Å². The molecule has 1 aromatic carbocycles. The summed E-state index contributed by atoms with van der Waals surface area (Å²) in [6.45, 7) is 5.67. The van der Waals surface area contributed by atoms with E-state index in [2.05, 4.69) is 27.2 Å². The summed E-state index contributed by atoms with van der Waals surface area (Å²) in [7, 11) is 2.00. The van der Waals surface area contributed by atoms with E-state index in [1.165, 1.54) is 10.9 Å². The SMILES string of the molecule is CCCCN(C)CCC(=O)Nc1c(C(=O)OCC)cnn1-c1ccc2ccccc2n1. The van der Waals surface area contributed by atoms with Crippen molar-refractivity contribution in [3.63, 3.8) is 0 Å². The first kappa shape index (κ1) is 22.4. The molecular weight excluding hydrogens is 394 g/mol. The Morgan fingerprint density at radius 1 is 1.13 bits per heavy atom. The Morgan fingerprint density at radius 3 is 2.71 bits per heavy atom. The Hall–Kier alpha value is -3.26. The number of aromatic nitrogens is 3. The predicted octanol–water partition coefficient (Wildman–Crippen LogP) is 3.66. The molecule has 0 saturated heterocycles.